The van der Waals surface area contributed by atoms with Gasteiger partial charge in [0.1, 0.15) is 0 Å². The Balaban J connectivity index is 3.85. The Morgan fingerprint density at radius 1 is 1.25 bits per heavy atom. The Hall–Kier alpha value is 0.820. The Morgan fingerprint density at radius 3 is 1.92 bits per heavy atom. The zero-order chi connectivity index (χ0) is 9.56. The highest BCUT2D eigenvalue weighted by Gasteiger charge is 2.32. The van der Waals surface area contributed by atoms with Gasteiger partial charge in [-0.15, -0.1) is 0 Å². The first-order valence-electron chi connectivity index (χ1n) is 3.22. The maximum absolute atomic E-state index is 10.4. The van der Waals surface area contributed by atoms with Gasteiger partial charge in [0.25, 0.3) is 0 Å². The van der Waals surface area contributed by atoms with E-state index < -0.39 is 14.5 Å². The highest BCUT2D eigenvalue weighted by atomic mass is 32.8. The third kappa shape index (κ3) is 7.47. The molecule has 0 amide bonds. The van der Waals surface area contributed by atoms with Gasteiger partial charge >= 0.3 is 14.5 Å². The first kappa shape index (κ1) is 12.8. The van der Waals surface area contributed by atoms with E-state index in [0.717, 1.165) is 29.2 Å². The Bertz CT molecular complexity index is 160. The van der Waals surface area contributed by atoms with Crippen LogP contribution in [0.3, 0.4) is 0 Å². The smallest absolute Gasteiger partial charge is 0.151 e. The second kappa shape index (κ2) is 7.25. The van der Waals surface area contributed by atoms with Crippen molar-refractivity contribution in [1.29, 1.82) is 0 Å². The molecule has 0 heterocycles. The average molecular weight is 248 g/mol. The van der Waals surface area contributed by atoms with Gasteiger partial charge in [0.2, 0.25) is 0 Å². The predicted octanol–water partition coefficient (Wildman–Crippen LogP) is 2.88. The molecule has 0 aromatic heterocycles. The van der Waals surface area contributed by atoms with Crippen LogP contribution in [0, 0.1) is 0 Å². The number of hydrogen-bond donors (Lipinski definition) is 2. The van der Waals surface area contributed by atoms with Crippen LogP contribution in [0.5, 0.6) is 0 Å². The lowest BCUT2D eigenvalue weighted by atomic mass is 10.4. The van der Waals surface area contributed by atoms with Crippen molar-refractivity contribution in [3.63, 3.8) is 0 Å². The van der Waals surface area contributed by atoms with Crippen molar-refractivity contribution in [3.05, 3.63) is 0 Å². The summed E-state index contributed by atoms with van der Waals surface area (Å²) in [6, 6.07) is 0. The minimum Gasteiger partial charge on any atom is -0.151 e. The van der Waals surface area contributed by atoms with Crippen molar-refractivity contribution in [1.82, 2.24) is 0 Å². The highest BCUT2D eigenvalue weighted by molar-refractivity contribution is 8.61. The van der Waals surface area contributed by atoms with Crippen LogP contribution in [-0.4, -0.2) is 14.4 Å². The third-order valence-electron chi connectivity index (χ3n) is 0.940. The molecule has 4 nitrogen and oxygen atoms in total. The fraction of sp³-hybridized carbons (Fsp3) is 1.00. The van der Waals surface area contributed by atoms with Crippen LogP contribution in [0.4, 0.5) is 0 Å². The molecule has 0 aliphatic rings. The Labute approximate surface area is 80.7 Å². The molecule has 0 rings (SSSR count). The second-order valence-electron chi connectivity index (χ2n) is 1.90. The van der Waals surface area contributed by atoms with Crippen LogP contribution >= 0.6 is 37.2 Å². The predicted molar refractivity (Wildman–Crippen MR) is 53.5 cm³/mol. The van der Waals surface area contributed by atoms with E-state index in [9.17, 15) is 9.13 Å². The zero-order valence-corrected chi connectivity index (χ0v) is 9.84. The summed E-state index contributed by atoms with van der Waals surface area (Å²) < 4.78 is 20.5. The summed E-state index contributed by atoms with van der Waals surface area (Å²) in [5.41, 5.74) is 0. The summed E-state index contributed by atoms with van der Waals surface area (Å²) in [6.07, 6.45) is 1.50. The van der Waals surface area contributed by atoms with Gasteiger partial charge in [0.15, 0.2) is 27.3 Å². The van der Waals surface area contributed by atoms with E-state index in [1.807, 2.05) is 6.92 Å². The monoisotopic (exact) mass is 248 g/mol. The topological polar surface area (TPSA) is 74.6 Å². The molecule has 2 unspecified atom stereocenters. The average Bonchev–Trinajstić information content (AvgIpc) is 1.84. The van der Waals surface area contributed by atoms with Crippen LogP contribution in [0.15, 0.2) is 0 Å². The fourth-order valence-corrected chi connectivity index (χ4v) is 6.35. The van der Waals surface area contributed by atoms with Crippen molar-refractivity contribution >= 4 is 37.2 Å². The van der Waals surface area contributed by atoms with E-state index in [-0.39, 0.29) is 4.58 Å². The summed E-state index contributed by atoms with van der Waals surface area (Å²) in [5.74, 6) is 0. The van der Waals surface area contributed by atoms with Crippen LogP contribution in [0.2, 0.25) is 0 Å². The van der Waals surface area contributed by atoms with E-state index >= 15 is 0 Å². The molecule has 0 bridgehead atoms. The molecule has 70 valence electrons. The Morgan fingerprint density at radius 2 is 1.67 bits per heavy atom. The molecular weight excluding hydrogens is 238 g/mol. The first-order valence-corrected chi connectivity index (χ1v) is 8.61. The van der Waals surface area contributed by atoms with Gasteiger partial charge in [-0.3, -0.25) is 0 Å². The normalized spacial score (nSPS) is 15.6. The largest absolute Gasteiger partial charge is 0.584 e. The molecule has 0 aliphatic carbocycles. The van der Waals surface area contributed by atoms with Gasteiger partial charge in [-0.05, 0) is 15.6 Å². The summed E-state index contributed by atoms with van der Waals surface area (Å²) in [7, 11) is -4.55. The summed E-state index contributed by atoms with van der Waals surface area (Å²) in [4.78, 5) is 17.1. The Kier molecular flexibility index (Phi) is 7.74. The van der Waals surface area contributed by atoms with Gasteiger partial charge in [0.05, 0.1) is 0 Å². The van der Waals surface area contributed by atoms with E-state index in [4.69, 9.17) is 9.79 Å². The highest BCUT2D eigenvalue weighted by Crippen LogP contribution is 2.50. The van der Waals surface area contributed by atoms with Crippen LogP contribution in [0.1, 0.15) is 19.8 Å². The van der Waals surface area contributed by atoms with E-state index in [1.54, 1.807) is 0 Å². The summed E-state index contributed by atoms with van der Waals surface area (Å²) in [6.45, 7) is 1.92. The number of hydrogen-bond acceptors (Lipinski definition) is 4. The first-order chi connectivity index (χ1) is 5.56. The molecule has 2 N–H and O–H groups in total. The molecule has 0 aromatic carbocycles. The number of rotatable bonds is 6. The van der Waals surface area contributed by atoms with Crippen LogP contribution in [-0.2, 0) is 9.13 Å². The van der Waals surface area contributed by atoms with Gasteiger partial charge in [-0.1, -0.05) is 13.3 Å². The molecule has 0 fully saturated rings. The zero-order valence-electron chi connectivity index (χ0n) is 6.41. The van der Waals surface area contributed by atoms with E-state index in [2.05, 4.69) is 0 Å². The lowest BCUT2D eigenvalue weighted by Crippen LogP contribution is -1.90. The van der Waals surface area contributed by atoms with Crippen LogP contribution in [0.25, 0.3) is 0 Å². The van der Waals surface area contributed by atoms with Crippen molar-refractivity contribution in [2.75, 3.05) is 0 Å². The lowest BCUT2D eigenvalue weighted by molar-refractivity contribution is 0.518. The van der Waals surface area contributed by atoms with Crippen molar-refractivity contribution < 1.29 is 18.9 Å². The van der Waals surface area contributed by atoms with Crippen molar-refractivity contribution in [2.24, 2.45) is 0 Å². The molecule has 8 heteroatoms. The maximum atomic E-state index is 10.4. The van der Waals surface area contributed by atoms with E-state index in [0.29, 0.717) is 6.42 Å². The molecule has 0 saturated carbocycles. The molecule has 0 saturated heterocycles. The second-order valence-corrected chi connectivity index (χ2v) is 7.85. The maximum Gasteiger partial charge on any atom is 0.584 e. The molecule has 0 aromatic rings. The molecule has 0 radical (unpaired) electrons. The third-order valence-corrected chi connectivity index (χ3v) is 6.28. The van der Waals surface area contributed by atoms with Gasteiger partial charge in [-0.25, -0.2) is 0 Å². The van der Waals surface area contributed by atoms with Gasteiger partial charge in [0, 0.05) is 0 Å². The minimum absolute atomic E-state index is 0.253. The van der Waals surface area contributed by atoms with Crippen molar-refractivity contribution in [2.45, 2.75) is 24.3 Å². The molecule has 0 spiro atoms. The summed E-state index contributed by atoms with van der Waals surface area (Å²) >= 11 is 1.67. The van der Waals surface area contributed by atoms with Gasteiger partial charge in [-0.2, -0.15) is 9.79 Å². The fourth-order valence-electron chi connectivity index (χ4n) is 0.562. The van der Waals surface area contributed by atoms with E-state index in [1.165, 1.54) is 0 Å². The van der Waals surface area contributed by atoms with Crippen LogP contribution < -0.4 is 0 Å². The van der Waals surface area contributed by atoms with Crippen molar-refractivity contribution in [3.8, 4) is 0 Å². The standard InChI is InChI=1S/C4H8O4P2S2/c1-2-3-4(11-9(5)6)12-10(7)8/h4H,2-3H2,1H3/p+2. The minimum atomic E-state index is -2.28. The molecule has 12 heavy (non-hydrogen) atoms. The SMILES string of the molecule is CCCC(S[P+](=O)O)S[P+](=O)O. The lowest BCUT2D eigenvalue weighted by Gasteiger charge is -1.96. The molecular formula is C4H10O4P2S2+2. The van der Waals surface area contributed by atoms with Gasteiger partial charge < -0.3 is 0 Å². The summed E-state index contributed by atoms with van der Waals surface area (Å²) in [5, 5.41) is 0. The molecule has 0 aliphatic heterocycles. The molecule has 2 atom stereocenters. The quantitative estimate of drug-likeness (QED) is 0.556.